The zero-order valence-corrected chi connectivity index (χ0v) is 11.6. The van der Waals surface area contributed by atoms with Gasteiger partial charge in [0.1, 0.15) is 0 Å². The van der Waals surface area contributed by atoms with Crippen LogP contribution in [0.1, 0.15) is 37.0 Å². The molecule has 5 heteroatoms. The van der Waals surface area contributed by atoms with Crippen molar-refractivity contribution < 1.29 is 9.90 Å². The number of hydrogen-bond donors (Lipinski definition) is 3. The molecule has 0 unspecified atom stereocenters. The molecular weight excluding hydrogens is 242 g/mol. The Labute approximate surface area is 114 Å². The summed E-state index contributed by atoms with van der Waals surface area (Å²) in [5, 5.41) is 9.14. The molecule has 0 aliphatic heterocycles. The maximum Gasteiger partial charge on any atom is 0.256 e. The van der Waals surface area contributed by atoms with E-state index in [-0.39, 0.29) is 18.6 Å². The van der Waals surface area contributed by atoms with Crippen LogP contribution in [0.3, 0.4) is 0 Å². The highest BCUT2D eigenvalue weighted by Crippen LogP contribution is 2.20. The quantitative estimate of drug-likeness (QED) is 0.679. The monoisotopic (exact) mass is 265 g/mol. The molecule has 1 rings (SSSR count). The zero-order valence-electron chi connectivity index (χ0n) is 11.6. The molecule has 1 amide bonds. The van der Waals surface area contributed by atoms with E-state index in [1.165, 1.54) is 0 Å². The lowest BCUT2D eigenvalue weighted by Crippen LogP contribution is -2.41. The Morgan fingerprint density at radius 2 is 1.95 bits per heavy atom. The minimum absolute atomic E-state index is 0.0584. The molecule has 0 radical (unpaired) electrons. The number of aliphatic hydroxyl groups is 1. The first-order chi connectivity index (χ1) is 9.04. The largest absolute Gasteiger partial charge is 0.399 e. The molecule has 5 N–H and O–H groups in total. The van der Waals surface area contributed by atoms with Crippen LogP contribution in [-0.2, 0) is 0 Å². The van der Waals surface area contributed by atoms with Gasteiger partial charge in [-0.1, -0.05) is 13.8 Å². The lowest BCUT2D eigenvalue weighted by Gasteiger charge is -2.30. The normalized spacial score (nSPS) is 10.7. The van der Waals surface area contributed by atoms with Gasteiger partial charge in [-0.25, -0.2) is 0 Å². The van der Waals surface area contributed by atoms with Gasteiger partial charge in [-0.15, -0.1) is 0 Å². The van der Waals surface area contributed by atoms with E-state index in [1.54, 1.807) is 23.1 Å². The molecule has 1 aromatic rings. The highest BCUT2D eigenvalue weighted by molar-refractivity contribution is 5.99. The highest BCUT2D eigenvalue weighted by atomic mass is 16.3. The topological polar surface area (TPSA) is 92.6 Å². The lowest BCUT2D eigenvalue weighted by atomic mass is 10.1. The van der Waals surface area contributed by atoms with Gasteiger partial charge in [0, 0.05) is 24.0 Å². The van der Waals surface area contributed by atoms with E-state index in [0.717, 1.165) is 12.8 Å². The number of carbonyl (C=O) groups excluding carboxylic acids is 1. The third kappa shape index (κ3) is 3.61. The molecule has 5 nitrogen and oxygen atoms in total. The summed E-state index contributed by atoms with van der Waals surface area (Å²) >= 11 is 0. The Hall–Kier alpha value is -1.75. The Morgan fingerprint density at radius 3 is 2.42 bits per heavy atom. The van der Waals surface area contributed by atoms with Crippen molar-refractivity contribution in [3.63, 3.8) is 0 Å². The predicted octanol–water partition coefficient (Wildman–Crippen LogP) is 1.47. The molecule has 0 atom stereocenters. The SMILES string of the molecule is CCC(CC)N(CCO)C(=O)c1ccc(N)cc1N. The van der Waals surface area contributed by atoms with Crippen LogP contribution in [0.2, 0.25) is 0 Å². The van der Waals surface area contributed by atoms with Crippen molar-refractivity contribution in [2.45, 2.75) is 32.7 Å². The molecule has 0 aliphatic rings. The number of nitrogen functional groups attached to an aromatic ring is 2. The fourth-order valence-electron chi connectivity index (χ4n) is 2.22. The zero-order chi connectivity index (χ0) is 14.4. The average Bonchev–Trinajstić information content (AvgIpc) is 2.38. The standard InChI is InChI=1S/C14H23N3O2/c1-3-11(4-2)17(7-8-18)14(19)12-6-5-10(15)9-13(12)16/h5-6,9,11,18H,3-4,7-8,15-16H2,1-2H3. The van der Waals surface area contributed by atoms with Crippen molar-refractivity contribution in [2.24, 2.45) is 0 Å². The number of nitrogens with two attached hydrogens (primary N) is 2. The second-order valence-electron chi connectivity index (χ2n) is 4.54. The van der Waals surface area contributed by atoms with Crippen LogP contribution in [0.25, 0.3) is 0 Å². The summed E-state index contributed by atoms with van der Waals surface area (Å²) in [4.78, 5) is 14.2. The maximum atomic E-state index is 12.5. The van der Waals surface area contributed by atoms with Gasteiger partial charge in [0.05, 0.1) is 12.2 Å². The summed E-state index contributed by atoms with van der Waals surface area (Å²) in [7, 11) is 0. The van der Waals surface area contributed by atoms with Gasteiger partial charge in [-0.2, -0.15) is 0 Å². The van der Waals surface area contributed by atoms with Gasteiger partial charge < -0.3 is 21.5 Å². The fraction of sp³-hybridized carbons (Fsp3) is 0.500. The third-order valence-corrected chi connectivity index (χ3v) is 3.29. The van der Waals surface area contributed by atoms with Crippen LogP contribution in [0.4, 0.5) is 11.4 Å². The van der Waals surface area contributed by atoms with Crippen LogP contribution in [-0.4, -0.2) is 35.1 Å². The summed E-state index contributed by atoms with van der Waals surface area (Å²) in [6.45, 7) is 4.31. The van der Waals surface area contributed by atoms with Gasteiger partial charge in [0.15, 0.2) is 0 Å². The first-order valence-electron chi connectivity index (χ1n) is 6.61. The molecule has 0 saturated carbocycles. The Balaban J connectivity index is 3.04. The third-order valence-electron chi connectivity index (χ3n) is 3.29. The number of carbonyl (C=O) groups is 1. The maximum absolute atomic E-state index is 12.5. The molecule has 0 bridgehead atoms. The van der Waals surface area contributed by atoms with Crippen LogP contribution in [0.15, 0.2) is 18.2 Å². The number of hydrogen-bond acceptors (Lipinski definition) is 4. The number of amides is 1. The molecule has 0 aromatic heterocycles. The Kier molecular flexibility index (Phi) is 5.63. The molecule has 0 saturated heterocycles. The molecule has 0 spiro atoms. The van der Waals surface area contributed by atoms with Crippen molar-refractivity contribution >= 4 is 17.3 Å². The predicted molar refractivity (Wildman–Crippen MR) is 77.8 cm³/mol. The molecule has 19 heavy (non-hydrogen) atoms. The first kappa shape index (κ1) is 15.3. The van der Waals surface area contributed by atoms with E-state index in [4.69, 9.17) is 16.6 Å². The van der Waals surface area contributed by atoms with E-state index in [0.29, 0.717) is 23.5 Å². The first-order valence-corrected chi connectivity index (χ1v) is 6.61. The summed E-state index contributed by atoms with van der Waals surface area (Å²) < 4.78 is 0. The molecular formula is C14H23N3O2. The van der Waals surface area contributed by atoms with Crippen LogP contribution < -0.4 is 11.5 Å². The number of aliphatic hydroxyl groups excluding tert-OH is 1. The smallest absolute Gasteiger partial charge is 0.256 e. The van der Waals surface area contributed by atoms with Crippen molar-refractivity contribution in [3.8, 4) is 0 Å². The van der Waals surface area contributed by atoms with Gasteiger partial charge in [0.25, 0.3) is 5.91 Å². The number of nitrogens with zero attached hydrogens (tertiary/aromatic N) is 1. The highest BCUT2D eigenvalue weighted by Gasteiger charge is 2.23. The van der Waals surface area contributed by atoms with E-state index in [9.17, 15) is 4.79 Å². The van der Waals surface area contributed by atoms with E-state index in [1.807, 2.05) is 13.8 Å². The summed E-state index contributed by atoms with van der Waals surface area (Å²) in [5.74, 6) is -0.153. The number of rotatable bonds is 6. The van der Waals surface area contributed by atoms with Gasteiger partial charge in [-0.3, -0.25) is 4.79 Å². The summed E-state index contributed by atoms with van der Waals surface area (Å²) in [5.41, 5.74) is 12.8. The van der Waals surface area contributed by atoms with Crippen LogP contribution >= 0.6 is 0 Å². The molecule has 0 heterocycles. The van der Waals surface area contributed by atoms with Crippen molar-refractivity contribution in [3.05, 3.63) is 23.8 Å². The molecule has 106 valence electrons. The van der Waals surface area contributed by atoms with Crippen molar-refractivity contribution in [1.82, 2.24) is 4.90 Å². The van der Waals surface area contributed by atoms with Crippen LogP contribution in [0, 0.1) is 0 Å². The summed E-state index contributed by atoms with van der Waals surface area (Å²) in [6.07, 6.45) is 1.69. The Bertz CT molecular complexity index is 431. The van der Waals surface area contributed by atoms with Gasteiger partial charge in [0.2, 0.25) is 0 Å². The minimum Gasteiger partial charge on any atom is -0.399 e. The van der Waals surface area contributed by atoms with Crippen molar-refractivity contribution in [2.75, 3.05) is 24.6 Å². The second-order valence-corrected chi connectivity index (χ2v) is 4.54. The molecule has 0 aliphatic carbocycles. The van der Waals surface area contributed by atoms with Gasteiger partial charge >= 0.3 is 0 Å². The molecule has 1 aromatic carbocycles. The van der Waals surface area contributed by atoms with E-state index >= 15 is 0 Å². The molecule has 0 fully saturated rings. The minimum atomic E-state index is -0.153. The van der Waals surface area contributed by atoms with Gasteiger partial charge in [-0.05, 0) is 31.0 Å². The van der Waals surface area contributed by atoms with Crippen LogP contribution in [0.5, 0.6) is 0 Å². The van der Waals surface area contributed by atoms with Crippen molar-refractivity contribution in [1.29, 1.82) is 0 Å². The lowest BCUT2D eigenvalue weighted by molar-refractivity contribution is 0.0623. The number of benzene rings is 1. The second kappa shape index (κ2) is 6.99. The average molecular weight is 265 g/mol. The number of anilines is 2. The van der Waals surface area contributed by atoms with E-state index < -0.39 is 0 Å². The Morgan fingerprint density at radius 1 is 1.32 bits per heavy atom. The van der Waals surface area contributed by atoms with E-state index in [2.05, 4.69) is 0 Å². The fourth-order valence-corrected chi connectivity index (χ4v) is 2.22. The summed E-state index contributed by atoms with van der Waals surface area (Å²) in [6, 6.07) is 4.99.